The van der Waals surface area contributed by atoms with Gasteiger partial charge in [0.05, 0.1) is 0 Å². The van der Waals surface area contributed by atoms with Crippen LogP contribution >= 0.6 is 0 Å². The van der Waals surface area contributed by atoms with Gasteiger partial charge in [0.15, 0.2) is 0 Å². The Labute approximate surface area is 75.0 Å². The smallest absolute Gasteiger partial charge is 0.125 e. The highest BCUT2D eigenvalue weighted by Crippen LogP contribution is 2.09. The van der Waals surface area contributed by atoms with Crippen molar-refractivity contribution in [2.45, 2.75) is 51.9 Å². The van der Waals surface area contributed by atoms with Crippen LogP contribution < -0.4 is 4.65 Å². The van der Waals surface area contributed by atoms with Gasteiger partial charge in [-0.3, -0.25) is 0 Å². The van der Waals surface area contributed by atoms with Gasteiger partial charge in [0.2, 0.25) is 0 Å². The normalized spacial score (nSPS) is 12.5. The van der Waals surface area contributed by atoms with Crippen LogP contribution in [0.4, 0.5) is 0 Å². The summed E-state index contributed by atoms with van der Waals surface area (Å²) in [7, 11) is -0.510. The molecule has 0 atom stereocenters. The summed E-state index contributed by atoms with van der Waals surface area (Å²) in [5.41, 5.74) is 1.72. The van der Waals surface area contributed by atoms with Crippen LogP contribution in [0.3, 0.4) is 0 Å². The second kappa shape index (κ2) is 5.11. The van der Waals surface area contributed by atoms with Crippen LogP contribution in [-0.2, 0) is 0 Å². The largest absolute Gasteiger partial charge is 0.361 e. The topological polar surface area (TPSA) is 12.0 Å². The minimum absolute atomic E-state index is 0.255. The molecule has 0 aliphatic rings. The summed E-state index contributed by atoms with van der Waals surface area (Å²) in [5.74, 6) is 0. The zero-order valence-electron chi connectivity index (χ0n) is 8.65. The van der Waals surface area contributed by atoms with E-state index in [1.165, 1.54) is 0 Å². The molecular formula is C8H21NSi2. The van der Waals surface area contributed by atoms with E-state index in [4.69, 9.17) is 0 Å². The van der Waals surface area contributed by atoms with E-state index >= 15 is 0 Å². The highest BCUT2D eigenvalue weighted by atomic mass is 28.3. The molecule has 1 N–H and O–H groups in total. The van der Waals surface area contributed by atoms with Crippen molar-refractivity contribution >= 4 is 17.9 Å². The number of nitrogens with one attached hydrogen (secondary N) is 1. The SMILES string of the molecule is CC(C)[Si](C)N[Si](C)C(C)C. The Morgan fingerprint density at radius 3 is 1.27 bits per heavy atom. The lowest BCUT2D eigenvalue weighted by atomic mass is 10.6. The molecule has 0 aromatic carbocycles. The predicted octanol–water partition coefficient (Wildman–Crippen LogP) is 2.64. The van der Waals surface area contributed by atoms with Gasteiger partial charge in [-0.1, -0.05) is 40.8 Å². The van der Waals surface area contributed by atoms with Gasteiger partial charge in [0.1, 0.15) is 17.9 Å². The van der Waals surface area contributed by atoms with Crippen molar-refractivity contribution in [3.63, 3.8) is 0 Å². The van der Waals surface area contributed by atoms with Gasteiger partial charge in [-0.25, -0.2) is 0 Å². The van der Waals surface area contributed by atoms with E-state index in [9.17, 15) is 0 Å². The van der Waals surface area contributed by atoms with Gasteiger partial charge in [0, 0.05) is 0 Å². The monoisotopic (exact) mass is 187 g/mol. The zero-order valence-corrected chi connectivity index (χ0v) is 10.7. The Kier molecular flexibility index (Phi) is 5.30. The van der Waals surface area contributed by atoms with Crippen LogP contribution in [-0.4, -0.2) is 17.9 Å². The highest BCUT2D eigenvalue weighted by Gasteiger charge is 2.16. The van der Waals surface area contributed by atoms with Gasteiger partial charge in [0.25, 0.3) is 0 Å². The Balaban J connectivity index is 3.66. The van der Waals surface area contributed by atoms with Gasteiger partial charge in [-0.15, -0.1) is 0 Å². The maximum Gasteiger partial charge on any atom is 0.125 e. The lowest BCUT2D eigenvalue weighted by Gasteiger charge is -2.22. The van der Waals surface area contributed by atoms with E-state index in [1.54, 1.807) is 0 Å². The molecule has 3 heteroatoms. The van der Waals surface area contributed by atoms with Crippen molar-refractivity contribution in [3.8, 4) is 0 Å². The summed E-state index contributed by atoms with van der Waals surface area (Å²) in [6, 6.07) is 0. The van der Waals surface area contributed by atoms with E-state index in [1.807, 2.05) is 0 Å². The van der Waals surface area contributed by atoms with E-state index in [0.29, 0.717) is 0 Å². The second-order valence-corrected chi connectivity index (χ2v) is 9.84. The molecule has 1 nitrogen and oxygen atoms in total. The van der Waals surface area contributed by atoms with E-state index in [2.05, 4.69) is 45.4 Å². The quantitative estimate of drug-likeness (QED) is 0.667. The number of hydrogen-bond donors (Lipinski definition) is 1. The molecule has 0 bridgehead atoms. The molecule has 0 aliphatic heterocycles. The van der Waals surface area contributed by atoms with Crippen LogP contribution in [0.2, 0.25) is 24.2 Å². The standard InChI is InChI=1S/C8H21NSi2/c1-7(2)10(5)9-11(6)8(3)4/h7-9H,1-6H3. The first kappa shape index (κ1) is 11.4. The third-order valence-electron chi connectivity index (χ3n) is 2.13. The molecule has 0 unspecified atom stereocenters. The van der Waals surface area contributed by atoms with Crippen molar-refractivity contribution < 1.29 is 0 Å². The van der Waals surface area contributed by atoms with Gasteiger partial charge in [-0.2, -0.15) is 0 Å². The van der Waals surface area contributed by atoms with Crippen molar-refractivity contribution in [3.05, 3.63) is 0 Å². The number of hydrogen-bond acceptors (Lipinski definition) is 1. The summed E-state index contributed by atoms with van der Waals surface area (Å²) in [6.07, 6.45) is 0. The van der Waals surface area contributed by atoms with E-state index < -0.39 is 0 Å². The zero-order chi connectivity index (χ0) is 9.02. The average molecular weight is 187 g/mol. The van der Waals surface area contributed by atoms with Crippen molar-refractivity contribution in [2.24, 2.45) is 0 Å². The molecule has 0 aromatic heterocycles. The molecular weight excluding hydrogens is 166 g/mol. The molecule has 11 heavy (non-hydrogen) atoms. The summed E-state index contributed by atoms with van der Waals surface area (Å²) in [5, 5.41) is 0. The van der Waals surface area contributed by atoms with Crippen molar-refractivity contribution in [2.75, 3.05) is 0 Å². The summed E-state index contributed by atoms with van der Waals surface area (Å²) < 4.78 is 3.78. The van der Waals surface area contributed by atoms with Crippen molar-refractivity contribution in [1.29, 1.82) is 0 Å². The van der Waals surface area contributed by atoms with Crippen LogP contribution in [0.25, 0.3) is 0 Å². The van der Waals surface area contributed by atoms with Gasteiger partial charge in [-0.05, 0) is 11.1 Å². The predicted molar refractivity (Wildman–Crippen MR) is 56.6 cm³/mol. The maximum atomic E-state index is 3.78. The fourth-order valence-electron chi connectivity index (χ4n) is 0.600. The van der Waals surface area contributed by atoms with Crippen LogP contribution in [0.1, 0.15) is 27.7 Å². The molecule has 0 aromatic rings. The maximum absolute atomic E-state index is 3.78. The highest BCUT2D eigenvalue weighted by molar-refractivity contribution is 6.73. The Bertz CT molecular complexity index is 92.3. The average Bonchev–Trinajstić information content (AvgIpc) is 1.87. The van der Waals surface area contributed by atoms with Gasteiger partial charge >= 0.3 is 0 Å². The van der Waals surface area contributed by atoms with E-state index in [-0.39, 0.29) is 17.9 Å². The van der Waals surface area contributed by atoms with Gasteiger partial charge < -0.3 is 4.65 Å². The molecule has 0 rings (SSSR count). The Hall–Kier alpha value is 0.394. The fourth-order valence-corrected chi connectivity index (χ4v) is 5.40. The molecule has 0 aliphatic carbocycles. The third kappa shape index (κ3) is 4.77. The molecule has 66 valence electrons. The summed E-state index contributed by atoms with van der Waals surface area (Å²) in [6.45, 7) is 14.0. The lowest BCUT2D eigenvalue weighted by molar-refractivity contribution is 0.982. The molecule has 0 amide bonds. The molecule has 0 saturated carbocycles. The first-order chi connectivity index (χ1) is 4.95. The lowest BCUT2D eigenvalue weighted by Crippen LogP contribution is -2.44. The van der Waals surface area contributed by atoms with Crippen molar-refractivity contribution in [1.82, 2.24) is 4.65 Å². The molecule has 0 saturated heterocycles. The van der Waals surface area contributed by atoms with E-state index in [0.717, 1.165) is 11.1 Å². The molecule has 0 heterocycles. The molecule has 0 spiro atoms. The first-order valence-electron chi connectivity index (χ1n) is 4.39. The number of rotatable bonds is 4. The summed E-state index contributed by atoms with van der Waals surface area (Å²) in [4.78, 5) is 0. The van der Waals surface area contributed by atoms with Crippen LogP contribution in [0.5, 0.6) is 0 Å². The fraction of sp³-hybridized carbons (Fsp3) is 1.00. The molecule has 0 fully saturated rings. The second-order valence-electron chi connectivity index (χ2n) is 3.80. The third-order valence-corrected chi connectivity index (χ3v) is 8.75. The minimum Gasteiger partial charge on any atom is -0.361 e. The molecule has 2 radical (unpaired) electrons. The van der Waals surface area contributed by atoms with Crippen LogP contribution in [0.15, 0.2) is 0 Å². The van der Waals surface area contributed by atoms with Crippen LogP contribution in [0, 0.1) is 0 Å². The summed E-state index contributed by atoms with van der Waals surface area (Å²) >= 11 is 0. The first-order valence-corrected chi connectivity index (χ1v) is 8.54. The minimum atomic E-state index is -0.255. The Morgan fingerprint density at radius 1 is 0.818 bits per heavy atom. The Morgan fingerprint density at radius 2 is 1.09 bits per heavy atom.